The lowest BCUT2D eigenvalue weighted by atomic mass is 10.0. The first-order valence-electron chi connectivity index (χ1n) is 5.83. The average Bonchev–Trinajstić information content (AvgIpc) is 2.35. The van der Waals surface area contributed by atoms with Gasteiger partial charge in [-0.25, -0.2) is 0 Å². The molecule has 18 heavy (non-hydrogen) atoms. The van der Waals surface area contributed by atoms with Crippen molar-refractivity contribution in [2.75, 3.05) is 20.7 Å². The molecule has 0 amide bonds. The van der Waals surface area contributed by atoms with Gasteiger partial charge in [-0.2, -0.15) is 17.4 Å². The Labute approximate surface area is 109 Å². The predicted octanol–water partition coefficient (Wildman–Crippen LogP) is 0.896. The van der Waals surface area contributed by atoms with Gasteiger partial charge >= 0.3 is 0 Å². The molecule has 2 N–H and O–H groups in total. The van der Waals surface area contributed by atoms with Crippen molar-refractivity contribution in [3.8, 4) is 0 Å². The number of rotatable bonds is 7. The molecule has 1 aromatic carbocycles. The zero-order valence-electron chi connectivity index (χ0n) is 10.7. The largest absolute Gasteiger partial charge is 0.396 e. The average molecular weight is 272 g/mol. The third-order valence-electron chi connectivity index (χ3n) is 2.62. The van der Waals surface area contributed by atoms with Crippen molar-refractivity contribution in [2.45, 2.75) is 18.9 Å². The Bertz CT molecular complexity index is 446. The molecule has 0 aromatic heterocycles. The van der Waals surface area contributed by atoms with Gasteiger partial charge in [0.2, 0.25) is 0 Å². The fraction of sp³-hybridized carbons (Fsp3) is 0.500. The summed E-state index contributed by atoms with van der Waals surface area (Å²) in [5, 5.41) is 8.88. The number of nitrogens with one attached hydrogen (secondary N) is 1. The molecule has 5 nitrogen and oxygen atoms in total. The van der Waals surface area contributed by atoms with Gasteiger partial charge in [0, 0.05) is 26.7 Å². The fourth-order valence-electron chi connectivity index (χ4n) is 1.56. The second-order valence-corrected chi connectivity index (χ2v) is 6.15. The van der Waals surface area contributed by atoms with Crippen LogP contribution in [0.3, 0.4) is 0 Å². The van der Waals surface area contributed by atoms with E-state index >= 15 is 0 Å². The minimum atomic E-state index is -3.47. The van der Waals surface area contributed by atoms with Crippen LogP contribution in [0.1, 0.15) is 24.4 Å². The van der Waals surface area contributed by atoms with Crippen molar-refractivity contribution >= 4 is 10.2 Å². The van der Waals surface area contributed by atoms with E-state index in [2.05, 4.69) is 4.72 Å². The van der Waals surface area contributed by atoms with Crippen LogP contribution < -0.4 is 4.72 Å². The SMILES string of the molecule is CN(C)S(=O)(=O)N[C@H](CCCO)c1ccccc1. The molecular formula is C12H20N2O3S. The van der Waals surface area contributed by atoms with Crippen LogP contribution in [-0.4, -0.2) is 38.5 Å². The highest BCUT2D eigenvalue weighted by Crippen LogP contribution is 2.19. The lowest BCUT2D eigenvalue weighted by Gasteiger charge is -2.21. The van der Waals surface area contributed by atoms with E-state index in [0.29, 0.717) is 12.8 Å². The van der Waals surface area contributed by atoms with Crippen molar-refractivity contribution < 1.29 is 13.5 Å². The maximum Gasteiger partial charge on any atom is 0.279 e. The van der Waals surface area contributed by atoms with Crippen LogP contribution in [0.15, 0.2) is 30.3 Å². The molecule has 6 heteroatoms. The second-order valence-electron chi connectivity index (χ2n) is 4.23. The maximum atomic E-state index is 11.8. The van der Waals surface area contributed by atoms with Crippen molar-refractivity contribution in [3.63, 3.8) is 0 Å². The molecule has 0 unspecified atom stereocenters. The lowest BCUT2D eigenvalue weighted by molar-refractivity contribution is 0.278. The Hall–Kier alpha value is -0.950. The van der Waals surface area contributed by atoms with E-state index in [1.54, 1.807) is 0 Å². The quantitative estimate of drug-likeness (QED) is 0.774. The standard InChI is InChI=1S/C12H20N2O3S/c1-14(2)18(16,17)13-12(9-6-10-15)11-7-4-3-5-8-11/h3-5,7-8,12-13,15H,6,9-10H2,1-2H3/t12-/m1/s1. The van der Waals surface area contributed by atoms with E-state index in [1.807, 2.05) is 30.3 Å². The van der Waals surface area contributed by atoms with E-state index in [4.69, 9.17) is 5.11 Å². The van der Waals surface area contributed by atoms with Gasteiger partial charge in [0.1, 0.15) is 0 Å². The summed E-state index contributed by atoms with van der Waals surface area (Å²) in [4.78, 5) is 0. The molecule has 0 saturated carbocycles. The van der Waals surface area contributed by atoms with Gasteiger partial charge in [-0.15, -0.1) is 0 Å². The predicted molar refractivity (Wildman–Crippen MR) is 71.2 cm³/mol. The Morgan fingerprint density at radius 3 is 2.39 bits per heavy atom. The van der Waals surface area contributed by atoms with Crippen LogP contribution in [0.25, 0.3) is 0 Å². The molecule has 0 spiro atoms. The lowest BCUT2D eigenvalue weighted by Crippen LogP contribution is -2.38. The molecule has 0 aliphatic heterocycles. The third kappa shape index (κ3) is 4.38. The summed E-state index contributed by atoms with van der Waals surface area (Å²) < 4.78 is 27.4. The van der Waals surface area contributed by atoms with Crippen molar-refractivity contribution in [1.29, 1.82) is 0 Å². The second kappa shape index (κ2) is 6.84. The van der Waals surface area contributed by atoms with Crippen molar-refractivity contribution in [1.82, 2.24) is 9.03 Å². The number of aliphatic hydroxyl groups is 1. The highest BCUT2D eigenvalue weighted by molar-refractivity contribution is 7.87. The summed E-state index contributed by atoms with van der Waals surface area (Å²) >= 11 is 0. The molecule has 0 bridgehead atoms. The fourth-order valence-corrected chi connectivity index (χ4v) is 2.38. The highest BCUT2D eigenvalue weighted by Gasteiger charge is 2.20. The third-order valence-corrected chi connectivity index (χ3v) is 4.17. The van der Waals surface area contributed by atoms with Gasteiger partial charge in [-0.1, -0.05) is 30.3 Å². The topological polar surface area (TPSA) is 69.6 Å². The normalized spacial score (nSPS) is 13.8. The van der Waals surface area contributed by atoms with Gasteiger partial charge in [0.25, 0.3) is 10.2 Å². The van der Waals surface area contributed by atoms with E-state index in [-0.39, 0.29) is 12.6 Å². The van der Waals surface area contributed by atoms with E-state index in [1.165, 1.54) is 14.1 Å². The van der Waals surface area contributed by atoms with Crippen LogP contribution >= 0.6 is 0 Å². The van der Waals surface area contributed by atoms with Gasteiger partial charge < -0.3 is 5.11 Å². The first kappa shape index (κ1) is 15.1. The van der Waals surface area contributed by atoms with Crippen LogP contribution in [0.2, 0.25) is 0 Å². The zero-order valence-corrected chi connectivity index (χ0v) is 11.5. The van der Waals surface area contributed by atoms with Gasteiger partial charge in [-0.05, 0) is 18.4 Å². The minimum Gasteiger partial charge on any atom is -0.396 e. The molecule has 0 radical (unpaired) electrons. The molecule has 0 heterocycles. The van der Waals surface area contributed by atoms with E-state index < -0.39 is 10.2 Å². The van der Waals surface area contributed by atoms with Gasteiger partial charge in [-0.3, -0.25) is 0 Å². The number of benzene rings is 1. The molecule has 0 aliphatic carbocycles. The molecule has 1 aromatic rings. The Kier molecular flexibility index (Phi) is 5.74. The van der Waals surface area contributed by atoms with E-state index in [0.717, 1.165) is 9.87 Å². The van der Waals surface area contributed by atoms with Crippen LogP contribution in [-0.2, 0) is 10.2 Å². The summed E-state index contributed by atoms with van der Waals surface area (Å²) in [7, 11) is -0.509. The summed E-state index contributed by atoms with van der Waals surface area (Å²) in [6.45, 7) is 0.0486. The Balaban J connectivity index is 2.86. The molecule has 0 fully saturated rings. The zero-order chi connectivity index (χ0) is 13.6. The van der Waals surface area contributed by atoms with Crippen LogP contribution in [0.5, 0.6) is 0 Å². The molecule has 102 valence electrons. The monoisotopic (exact) mass is 272 g/mol. The molecule has 1 atom stereocenters. The summed E-state index contributed by atoms with van der Waals surface area (Å²) in [6, 6.07) is 9.05. The number of hydrogen-bond acceptors (Lipinski definition) is 3. The van der Waals surface area contributed by atoms with Crippen molar-refractivity contribution in [2.24, 2.45) is 0 Å². The van der Waals surface area contributed by atoms with E-state index in [9.17, 15) is 8.42 Å². The number of hydrogen-bond donors (Lipinski definition) is 2. The Morgan fingerprint density at radius 1 is 1.28 bits per heavy atom. The molecule has 0 saturated heterocycles. The first-order chi connectivity index (χ1) is 8.47. The van der Waals surface area contributed by atoms with Crippen molar-refractivity contribution in [3.05, 3.63) is 35.9 Å². The molecule has 1 rings (SSSR count). The van der Waals surface area contributed by atoms with Gasteiger partial charge in [0.15, 0.2) is 0 Å². The summed E-state index contributed by atoms with van der Waals surface area (Å²) in [5.41, 5.74) is 0.899. The summed E-state index contributed by atoms with van der Waals surface area (Å²) in [5.74, 6) is 0. The van der Waals surface area contributed by atoms with Gasteiger partial charge in [0.05, 0.1) is 0 Å². The highest BCUT2D eigenvalue weighted by atomic mass is 32.2. The minimum absolute atomic E-state index is 0.0486. The molecular weight excluding hydrogens is 252 g/mol. The maximum absolute atomic E-state index is 11.8. The first-order valence-corrected chi connectivity index (χ1v) is 7.27. The number of aliphatic hydroxyl groups excluding tert-OH is 1. The smallest absolute Gasteiger partial charge is 0.279 e. The molecule has 0 aliphatic rings. The van der Waals surface area contributed by atoms with Crippen LogP contribution in [0, 0.1) is 0 Å². The Morgan fingerprint density at radius 2 is 1.89 bits per heavy atom. The summed E-state index contributed by atoms with van der Waals surface area (Å²) in [6.07, 6.45) is 1.11. The number of nitrogens with zero attached hydrogens (tertiary/aromatic N) is 1. The van der Waals surface area contributed by atoms with Crippen LogP contribution in [0.4, 0.5) is 0 Å².